The average Bonchev–Trinajstić information content (AvgIpc) is 3.35. The third kappa shape index (κ3) is 4.80. The zero-order valence-corrected chi connectivity index (χ0v) is 22.2. The molecule has 37 heavy (non-hydrogen) atoms. The van der Waals surface area contributed by atoms with Gasteiger partial charge in [0.2, 0.25) is 9.84 Å². The largest absolute Gasteiger partial charge is 0.384 e. The molecule has 0 saturated carbocycles. The van der Waals surface area contributed by atoms with Crippen LogP contribution in [0.15, 0.2) is 65.7 Å². The van der Waals surface area contributed by atoms with Gasteiger partial charge in [-0.05, 0) is 66.9 Å². The number of sulfone groups is 1. The summed E-state index contributed by atoms with van der Waals surface area (Å²) in [4.78, 5) is 4.48. The van der Waals surface area contributed by atoms with E-state index in [4.69, 9.17) is 23.2 Å². The van der Waals surface area contributed by atoms with Crippen molar-refractivity contribution in [2.24, 2.45) is 0 Å². The fourth-order valence-electron chi connectivity index (χ4n) is 4.37. The van der Waals surface area contributed by atoms with Crippen molar-refractivity contribution in [3.8, 4) is 16.8 Å². The van der Waals surface area contributed by atoms with Crippen LogP contribution in [-0.2, 0) is 28.3 Å². The molecule has 0 fully saturated rings. The van der Waals surface area contributed by atoms with Gasteiger partial charge in [0.05, 0.1) is 10.6 Å². The average molecular weight is 561 g/mol. The zero-order valence-electron chi connectivity index (χ0n) is 19.9. The highest BCUT2D eigenvalue weighted by Gasteiger charge is 2.38. The summed E-state index contributed by atoms with van der Waals surface area (Å²) in [6.45, 7) is 3.30. The van der Waals surface area contributed by atoms with Gasteiger partial charge in [-0.3, -0.25) is 0 Å². The fraction of sp³-hybridized carbons (Fsp3) is 0.222. The van der Waals surface area contributed by atoms with Crippen molar-refractivity contribution in [3.63, 3.8) is 0 Å². The van der Waals surface area contributed by atoms with E-state index in [0.717, 1.165) is 11.3 Å². The van der Waals surface area contributed by atoms with E-state index in [1.54, 1.807) is 56.4 Å². The van der Waals surface area contributed by atoms with E-state index in [-0.39, 0.29) is 16.9 Å². The Hall–Kier alpha value is -2.75. The van der Waals surface area contributed by atoms with Gasteiger partial charge in [-0.25, -0.2) is 17.8 Å². The lowest BCUT2D eigenvalue weighted by Gasteiger charge is -2.13. The highest BCUT2D eigenvalue weighted by Crippen LogP contribution is 2.36. The van der Waals surface area contributed by atoms with Gasteiger partial charge < -0.3 is 14.8 Å². The van der Waals surface area contributed by atoms with Crippen LogP contribution >= 0.6 is 23.2 Å². The van der Waals surface area contributed by atoms with E-state index in [1.165, 1.54) is 12.1 Å². The molecule has 0 spiro atoms. The van der Waals surface area contributed by atoms with Gasteiger partial charge in [-0.2, -0.15) is 0 Å². The van der Waals surface area contributed by atoms with Crippen molar-refractivity contribution in [2.75, 3.05) is 0 Å². The van der Waals surface area contributed by atoms with Gasteiger partial charge in [0, 0.05) is 40.3 Å². The maximum absolute atomic E-state index is 14.7. The van der Waals surface area contributed by atoms with Gasteiger partial charge in [-0.15, -0.1) is 0 Å². The molecular weight excluding hydrogens is 538 g/mol. The predicted molar refractivity (Wildman–Crippen MR) is 140 cm³/mol. The fourth-order valence-corrected chi connectivity index (χ4v) is 6.34. The van der Waals surface area contributed by atoms with Crippen LogP contribution in [0.3, 0.4) is 0 Å². The minimum atomic E-state index is -3.98. The monoisotopic (exact) mass is 560 g/mol. The summed E-state index contributed by atoms with van der Waals surface area (Å²) in [6.07, 6.45) is 1.87. The molecule has 1 aliphatic heterocycles. The zero-order chi connectivity index (χ0) is 26.7. The minimum Gasteiger partial charge on any atom is -0.384 e. The smallest absolute Gasteiger partial charge is 0.205 e. The number of halogens is 3. The van der Waals surface area contributed by atoms with Crippen LogP contribution in [0.2, 0.25) is 10.0 Å². The Labute approximate surface area is 223 Å². The second kappa shape index (κ2) is 9.22. The van der Waals surface area contributed by atoms with Gasteiger partial charge in [-0.1, -0.05) is 41.4 Å². The van der Waals surface area contributed by atoms with E-state index in [1.807, 2.05) is 10.6 Å². The summed E-state index contributed by atoms with van der Waals surface area (Å²) in [6, 6.07) is 15.0. The van der Waals surface area contributed by atoms with Crippen molar-refractivity contribution in [1.82, 2.24) is 9.55 Å². The van der Waals surface area contributed by atoms with Crippen LogP contribution in [0.5, 0.6) is 0 Å². The van der Waals surface area contributed by atoms with Crippen LogP contribution in [0.1, 0.15) is 36.5 Å². The van der Waals surface area contributed by atoms with Crippen LogP contribution in [0.4, 0.5) is 4.39 Å². The van der Waals surface area contributed by atoms with Crippen LogP contribution in [0.25, 0.3) is 16.8 Å². The Balaban J connectivity index is 1.54. The maximum Gasteiger partial charge on any atom is 0.205 e. The summed E-state index contributed by atoms with van der Waals surface area (Å²) in [5.41, 5.74) is 0.210. The Morgan fingerprint density at radius 2 is 1.78 bits per heavy atom. The second-order valence-corrected chi connectivity index (χ2v) is 12.5. The lowest BCUT2D eigenvalue weighted by atomic mass is 10.0. The number of aliphatic hydroxyl groups excluding tert-OH is 1. The molecular formula is C27H23Cl2FN2O4S. The lowest BCUT2D eigenvalue weighted by Crippen LogP contribution is -2.15. The van der Waals surface area contributed by atoms with Crippen LogP contribution in [0, 0.1) is 5.82 Å². The van der Waals surface area contributed by atoms with E-state index in [2.05, 4.69) is 4.98 Å². The first-order chi connectivity index (χ1) is 17.3. The Kier molecular flexibility index (Phi) is 6.45. The van der Waals surface area contributed by atoms with Gasteiger partial charge in [0.15, 0.2) is 5.44 Å². The predicted octanol–water partition coefficient (Wildman–Crippen LogP) is 5.45. The normalized spacial score (nSPS) is 16.7. The molecule has 0 aliphatic carbocycles. The third-order valence-corrected chi connectivity index (χ3v) is 8.89. The van der Waals surface area contributed by atoms with Crippen molar-refractivity contribution < 1.29 is 23.0 Å². The molecule has 2 N–H and O–H groups in total. The summed E-state index contributed by atoms with van der Waals surface area (Å²) in [5.74, 6) is -0.0268. The first-order valence-corrected chi connectivity index (χ1v) is 13.7. The number of rotatable bonds is 5. The van der Waals surface area contributed by atoms with E-state index in [0.29, 0.717) is 39.1 Å². The van der Waals surface area contributed by atoms with Gasteiger partial charge in [0.1, 0.15) is 17.2 Å². The minimum absolute atomic E-state index is 0.0101. The molecule has 2 heterocycles. The first-order valence-electron chi connectivity index (χ1n) is 11.4. The first kappa shape index (κ1) is 25.9. The molecule has 10 heteroatoms. The van der Waals surface area contributed by atoms with Crippen molar-refractivity contribution >= 4 is 33.0 Å². The van der Waals surface area contributed by atoms with Crippen molar-refractivity contribution in [2.45, 2.75) is 42.6 Å². The molecule has 0 bridgehead atoms. The summed E-state index contributed by atoms with van der Waals surface area (Å²) in [5, 5.41) is 21.4. The summed E-state index contributed by atoms with van der Waals surface area (Å²) >= 11 is 12.4. The second-order valence-electron chi connectivity index (χ2n) is 9.57. The Morgan fingerprint density at radius 3 is 2.43 bits per heavy atom. The van der Waals surface area contributed by atoms with Crippen molar-refractivity contribution in [3.05, 3.63) is 99.3 Å². The molecule has 0 radical (unpaired) electrons. The molecule has 5 rings (SSSR count). The molecule has 192 valence electrons. The number of nitrogens with zero attached hydrogens (tertiary/aromatic N) is 2. The quantitative estimate of drug-likeness (QED) is 0.338. The molecule has 1 atom stereocenters. The molecule has 6 nitrogen and oxygen atoms in total. The maximum atomic E-state index is 14.7. The van der Waals surface area contributed by atoms with E-state index < -0.39 is 26.7 Å². The highest BCUT2D eigenvalue weighted by atomic mass is 35.5. The number of hydrogen-bond donors (Lipinski definition) is 2. The van der Waals surface area contributed by atoms with Crippen molar-refractivity contribution in [1.29, 1.82) is 0 Å². The highest BCUT2D eigenvalue weighted by molar-refractivity contribution is 7.92. The molecule has 3 aromatic carbocycles. The molecule has 1 aromatic heterocycles. The third-order valence-electron chi connectivity index (χ3n) is 6.45. The Morgan fingerprint density at radius 1 is 1.08 bits per heavy atom. The Bertz CT molecular complexity index is 1630. The number of benzene rings is 3. The topological polar surface area (TPSA) is 92.4 Å². The number of fused-ring (bicyclic) bond motifs is 1. The van der Waals surface area contributed by atoms with E-state index >= 15 is 0 Å². The van der Waals surface area contributed by atoms with Crippen LogP contribution < -0.4 is 0 Å². The molecule has 1 aliphatic rings. The van der Waals surface area contributed by atoms with E-state index in [9.17, 15) is 23.0 Å². The standard InChI is InChI=1S/C27H23Cl2FN2O4S/c1-27(2,34)24-14-32(25(31-24)11-16-3-6-18(28)12-21(16)29)19-7-4-15(5-8-19)17-9-22(30)20-13-26(33)37(35,36)23(20)10-17/h3-10,12,14,26,33-34H,11,13H2,1-2H3. The van der Waals surface area contributed by atoms with Gasteiger partial charge in [0.25, 0.3) is 0 Å². The summed E-state index contributed by atoms with van der Waals surface area (Å²) < 4.78 is 41.4. The molecule has 0 saturated heterocycles. The molecule has 1 unspecified atom stereocenters. The molecule has 0 amide bonds. The molecule has 4 aromatic rings. The summed E-state index contributed by atoms with van der Waals surface area (Å²) in [7, 11) is -3.98. The number of aromatic nitrogens is 2. The SMILES string of the molecule is CC(C)(O)c1cn(-c2ccc(-c3cc(F)c4c(c3)S(=O)(=O)C(O)C4)cc2)c(Cc2ccc(Cl)cc2Cl)n1. The van der Waals surface area contributed by atoms with Gasteiger partial charge >= 0.3 is 0 Å². The number of hydrogen-bond acceptors (Lipinski definition) is 5. The lowest BCUT2D eigenvalue weighted by molar-refractivity contribution is 0.0741. The number of aliphatic hydroxyl groups is 2. The number of imidazole rings is 1. The van der Waals surface area contributed by atoms with Crippen LogP contribution in [-0.4, -0.2) is 33.6 Å².